The van der Waals surface area contributed by atoms with Gasteiger partial charge in [-0.1, -0.05) is 52.7 Å². The fourth-order valence-corrected chi connectivity index (χ4v) is 8.68. The summed E-state index contributed by atoms with van der Waals surface area (Å²) >= 11 is 0. The van der Waals surface area contributed by atoms with Crippen LogP contribution in [0.3, 0.4) is 0 Å². The second-order valence-electron chi connectivity index (χ2n) is 13.0. The summed E-state index contributed by atoms with van der Waals surface area (Å²) in [4.78, 5) is 13.1. The molecular formula is C31H38N2O4S. The van der Waals surface area contributed by atoms with Crippen LogP contribution >= 0.6 is 0 Å². The SMILES string of the molecule is C#Cc1ccc(NC(=O)OC[C@]23CN(S(=O)(=O)c4ccc(C(C)(C)C)cc4)C[C@H]2C[C@H]2C[C@@H]3C2(C)C)cc1. The van der Waals surface area contributed by atoms with E-state index in [1.165, 1.54) is 0 Å². The first-order valence-electron chi connectivity index (χ1n) is 13.4. The third-order valence-electron chi connectivity index (χ3n) is 9.57. The molecule has 4 atom stereocenters. The molecule has 3 aliphatic carbocycles. The van der Waals surface area contributed by atoms with Crippen molar-refractivity contribution in [2.75, 3.05) is 25.0 Å². The van der Waals surface area contributed by atoms with Crippen LogP contribution in [0.2, 0.25) is 0 Å². The number of nitrogens with one attached hydrogen (secondary N) is 1. The number of anilines is 1. The molecule has 3 saturated carbocycles. The monoisotopic (exact) mass is 534 g/mol. The highest BCUT2D eigenvalue weighted by Gasteiger charge is 2.68. The van der Waals surface area contributed by atoms with Crippen molar-refractivity contribution in [1.82, 2.24) is 4.31 Å². The van der Waals surface area contributed by atoms with Crippen LogP contribution in [0, 0.1) is 40.9 Å². The minimum absolute atomic E-state index is 0.0528. The number of sulfonamides is 1. The number of carbonyl (C=O) groups excluding carboxylic acids is 1. The number of amides is 1. The van der Waals surface area contributed by atoms with Crippen molar-refractivity contribution in [1.29, 1.82) is 0 Å². The summed E-state index contributed by atoms with van der Waals surface area (Å²) in [6, 6.07) is 14.3. The molecule has 0 aromatic heterocycles. The molecule has 7 heteroatoms. The van der Waals surface area contributed by atoms with Crippen molar-refractivity contribution in [2.24, 2.45) is 28.6 Å². The Morgan fingerprint density at radius 2 is 1.74 bits per heavy atom. The maximum atomic E-state index is 13.8. The number of hydrogen-bond acceptors (Lipinski definition) is 4. The molecule has 2 aromatic rings. The Kier molecular flexibility index (Phi) is 6.44. The molecule has 4 fully saturated rings. The minimum atomic E-state index is -3.67. The topological polar surface area (TPSA) is 75.7 Å². The van der Waals surface area contributed by atoms with Gasteiger partial charge in [-0.05, 0) is 83.4 Å². The number of terminal acetylenes is 1. The van der Waals surface area contributed by atoms with Gasteiger partial charge in [0.25, 0.3) is 0 Å². The molecule has 2 aromatic carbocycles. The van der Waals surface area contributed by atoms with Crippen molar-refractivity contribution in [2.45, 2.75) is 57.8 Å². The van der Waals surface area contributed by atoms with E-state index in [9.17, 15) is 13.2 Å². The lowest BCUT2D eigenvalue weighted by Gasteiger charge is -2.66. The minimum Gasteiger partial charge on any atom is -0.449 e. The summed E-state index contributed by atoms with van der Waals surface area (Å²) in [6.45, 7) is 11.9. The van der Waals surface area contributed by atoms with Crippen molar-refractivity contribution < 1.29 is 17.9 Å². The highest BCUT2D eigenvalue weighted by molar-refractivity contribution is 7.89. The fourth-order valence-electron chi connectivity index (χ4n) is 7.12. The number of benzene rings is 2. The average molecular weight is 535 g/mol. The molecule has 38 heavy (non-hydrogen) atoms. The summed E-state index contributed by atoms with van der Waals surface area (Å²) in [6.07, 6.45) is 6.88. The van der Waals surface area contributed by atoms with Crippen molar-refractivity contribution >= 4 is 21.8 Å². The second-order valence-corrected chi connectivity index (χ2v) is 14.9. The molecule has 0 radical (unpaired) electrons. The van der Waals surface area contributed by atoms with Gasteiger partial charge in [0.05, 0.1) is 4.90 Å². The van der Waals surface area contributed by atoms with Crippen LogP contribution in [0.4, 0.5) is 10.5 Å². The predicted molar refractivity (Wildman–Crippen MR) is 149 cm³/mol. The predicted octanol–water partition coefficient (Wildman–Crippen LogP) is 5.89. The summed E-state index contributed by atoms with van der Waals surface area (Å²) in [5.74, 6) is 3.58. The lowest BCUT2D eigenvalue weighted by atomic mass is 9.39. The summed E-state index contributed by atoms with van der Waals surface area (Å²) < 4.78 is 35.1. The third-order valence-corrected chi connectivity index (χ3v) is 11.4. The quantitative estimate of drug-likeness (QED) is 0.486. The van der Waals surface area contributed by atoms with Gasteiger partial charge in [0, 0.05) is 29.8 Å². The van der Waals surface area contributed by atoms with E-state index < -0.39 is 21.5 Å². The van der Waals surface area contributed by atoms with Gasteiger partial charge in [-0.25, -0.2) is 13.2 Å². The van der Waals surface area contributed by atoms with Crippen LogP contribution in [0.15, 0.2) is 53.4 Å². The normalized spacial score (nSPS) is 28.1. The van der Waals surface area contributed by atoms with Crippen LogP contribution in [0.5, 0.6) is 0 Å². The van der Waals surface area contributed by atoms with Crippen LogP contribution in [0.1, 0.15) is 58.6 Å². The Morgan fingerprint density at radius 3 is 2.32 bits per heavy atom. The van der Waals surface area contributed by atoms with Gasteiger partial charge in [-0.15, -0.1) is 6.42 Å². The summed E-state index contributed by atoms with van der Waals surface area (Å²) in [7, 11) is -3.67. The zero-order valence-electron chi connectivity index (χ0n) is 23.0. The molecule has 1 N–H and O–H groups in total. The van der Waals surface area contributed by atoms with Gasteiger partial charge in [0.2, 0.25) is 10.0 Å². The Labute approximate surface area is 227 Å². The third kappa shape index (κ3) is 4.42. The Hall–Kier alpha value is -2.82. The Bertz CT molecular complexity index is 1370. The van der Waals surface area contributed by atoms with Gasteiger partial charge >= 0.3 is 6.09 Å². The zero-order chi connectivity index (χ0) is 27.5. The largest absolute Gasteiger partial charge is 0.449 e. The van der Waals surface area contributed by atoms with E-state index >= 15 is 0 Å². The highest BCUT2D eigenvalue weighted by Crippen LogP contribution is 2.69. The molecule has 1 saturated heterocycles. The number of carbonyl (C=O) groups is 1. The zero-order valence-corrected chi connectivity index (χ0v) is 23.8. The van der Waals surface area contributed by atoms with E-state index in [0.29, 0.717) is 35.5 Å². The van der Waals surface area contributed by atoms with Gasteiger partial charge in [0.1, 0.15) is 6.61 Å². The molecule has 0 unspecified atom stereocenters. The molecule has 0 spiro atoms. The molecule has 1 amide bonds. The van der Waals surface area contributed by atoms with Crippen LogP contribution in [-0.4, -0.2) is 38.5 Å². The second kappa shape index (κ2) is 9.14. The van der Waals surface area contributed by atoms with E-state index in [-0.39, 0.29) is 23.4 Å². The molecule has 1 aliphatic heterocycles. The van der Waals surface area contributed by atoms with Crippen LogP contribution in [-0.2, 0) is 20.2 Å². The van der Waals surface area contributed by atoms with E-state index in [0.717, 1.165) is 24.0 Å². The molecule has 4 aliphatic rings. The lowest BCUT2D eigenvalue weighted by molar-refractivity contribution is -0.186. The molecular weight excluding hydrogens is 496 g/mol. The molecule has 202 valence electrons. The lowest BCUT2D eigenvalue weighted by Crippen LogP contribution is -2.63. The highest BCUT2D eigenvalue weighted by atomic mass is 32.2. The van der Waals surface area contributed by atoms with Crippen LogP contribution < -0.4 is 5.32 Å². The summed E-state index contributed by atoms with van der Waals surface area (Å²) in [5, 5.41) is 2.78. The van der Waals surface area contributed by atoms with Gasteiger partial charge in [-0.2, -0.15) is 4.31 Å². The number of ether oxygens (including phenoxy) is 1. The standard InChI is InChI=1S/C31H38N2O4S/c1-7-21-8-12-25(13-9-21)32-28(34)37-20-31-19-33(18-24(31)16-23-17-27(31)30(23,5)6)38(35,36)26-14-10-22(11-15-26)29(2,3)4/h1,8-15,23-24,27H,16-20H2,2-6H3,(H,32,34)/t23-,24+,27+,31+/m0/s1. The first kappa shape index (κ1) is 26.8. The molecule has 6 rings (SSSR count). The smallest absolute Gasteiger partial charge is 0.411 e. The van der Waals surface area contributed by atoms with E-state index in [1.54, 1.807) is 40.7 Å². The fraction of sp³-hybridized carbons (Fsp3) is 0.516. The van der Waals surface area contributed by atoms with Gasteiger partial charge in [0.15, 0.2) is 0 Å². The molecule has 6 nitrogen and oxygen atoms in total. The first-order chi connectivity index (χ1) is 17.8. The maximum Gasteiger partial charge on any atom is 0.411 e. The average Bonchev–Trinajstić information content (AvgIpc) is 3.28. The van der Waals surface area contributed by atoms with Crippen molar-refractivity contribution in [3.63, 3.8) is 0 Å². The summed E-state index contributed by atoms with van der Waals surface area (Å²) in [5.41, 5.74) is 2.07. The van der Waals surface area contributed by atoms with Crippen molar-refractivity contribution in [3.05, 3.63) is 59.7 Å². The number of nitrogens with zero attached hydrogens (tertiary/aromatic N) is 1. The number of hydrogen-bond donors (Lipinski definition) is 1. The number of rotatable bonds is 5. The molecule has 1 heterocycles. The van der Waals surface area contributed by atoms with Gasteiger partial charge in [-0.3, -0.25) is 5.32 Å². The van der Waals surface area contributed by atoms with Crippen molar-refractivity contribution in [3.8, 4) is 12.3 Å². The Balaban J connectivity index is 1.36. The maximum absolute atomic E-state index is 13.8. The van der Waals surface area contributed by atoms with Gasteiger partial charge < -0.3 is 4.74 Å². The molecule has 2 bridgehead atoms. The van der Waals surface area contributed by atoms with E-state index in [1.807, 2.05) is 12.1 Å². The Morgan fingerprint density at radius 1 is 1.08 bits per heavy atom. The first-order valence-corrected chi connectivity index (χ1v) is 14.8. The van der Waals surface area contributed by atoms with E-state index in [4.69, 9.17) is 11.2 Å². The van der Waals surface area contributed by atoms with Crippen LogP contribution in [0.25, 0.3) is 0 Å². The van der Waals surface area contributed by atoms with E-state index in [2.05, 4.69) is 45.9 Å².